The average Bonchev–Trinajstić information content (AvgIpc) is 4.03. The van der Waals surface area contributed by atoms with Crippen LogP contribution >= 0.6 is 23.2 Å². The maximum absolute atomic E-state index is 13.9. The summed E-state index contributed by atoms with van der Waals surface area (Å²) >= 11 is 12.8. The molecule has 19 heteroatoms. The van der Waals surface area contributed by atoms with E-state index in [4.69, 9.17) is 46.9 Å². The fourth-order valence-corrected chi connectivity index (χ4v) is 6.81. The normalized spacial score (nSPS) is 15.0. The van der Waals surface area contributed by atoms with E-state index in [1.165, 1.54) is 50.2 Å². The molecule has 2 fully saturated rings. The number of rotatable bonds is 17. The first kappa shape index (κ1) is 44.5. The van der Waals surface area contributed by atoms with Gasteiger partial charge in [-0.15, -0.1) is 0 Å². The van der Waals surface area contributed by atoms with E-state index in [2.05, 4.69) is 4.74 Å². The van der Waals surface area contributed by atoms with E-state index in [9.17, 15) is 36.8 Å². The molecule has 0 bridgehead atoms. The number of nitrogens with zero attached hydrogens (tertiary/aromatic N) is 2. The van der Waals surface area contributed by atoms with Gasteiger partial charge in [0.05, 0.1) is 25.0 Å². The van der Waals surface area contributed by atoms with E-state index in [0.717, 1.165) is 44.3 Å². The average molecular weight is 874 g/mol. The second-order valence-corrected chi connectivity index (χ2v) is 18.2. The Labute approximate surface area is 344 Å². The molecule has 3 aromatic rings. The summed E-state index contributed by atoms with van der Waals surface area (Å²) in [6.45, 7) is 4.50. The number of hydrogen-bond donors (Lipinski definition) is 0. The van der Waals surface area contributed by atoms with Crippen molar-refractivity contribution in [3.8, 4) is 17.2 Å². The topological polar surface area (TPSA) is 171 Å². The molecule has 1 aromatic heterocycles. The Bertz CT molecular complexity index is 2120. The number of benzene rings is 2. The minimum absolute atomic E-state index is 0.0386. The quantitative estimate of drug-likeness (QED) is 0.0556. The number of halogens is 4. The summed E-state index contributed by atoms with van der Waals surface area (Å²) in [5.74, 6) is -2.09. The van der Waals surface area contributed by atoms with Crippen LogP contribution in [0, 0.1) is 17.0 Å². The van der Waals surface area contributed by atoms with E-state index < -0.39 is 52.0 Å². The molecule has 1 unspecified atom stereocenters. The highest BCUT2D eigenvalue weighted by Gasteiger charge is 2.39. The van der Waals surface area contributed by atoms with Crippen molar-refractivity contribution in [2.75, 3.05) is 23.8 Å². The number of alkyl halides is 2. The fourth-order valence-electron chi connectivity index (χ4n) is 5.40. The van der Waals surface area contributed by atoms with Crippen LogP contribution in [0.1, 0.15) is 87.9 Å². The van der Waals surface area contributed by atoms with E-state index in [-0.39, 0.29) is 81.1 Å². The molecule has 0 saturated heterocycles. The van der Waals surface area contributed by atoms with Crippen molar-refractivity contribution in [2.45, 2.75) is 90.6 Å². The second kappa shape index (κ2) is 17.7. The Morgan fingerprint density at radius 1 is 0.879 bits per heavy atom. The Morgan fingerprint density at radius 3 is 2.00 bits per heavy atom. The van der Waals surface area contributed by atoms with Gasteiger partial charge in [-0.2, -0.15) is 17.8 Å². The third-order valence-corrected chi connectivity index (χ3v) is 10.4. The van der Waals surface area contributed by atoms with Gasteiger partial charge in [-0.3, -0.25) is 0 Å². The van der Waals surface area contributed by atoms with Crippen LogP contribution in [-0.4, -0.2) is 63.7 Å². The van der Waals surface area contributed by atoms with Crippen molar-refractivity contribution >= 4 is 56.9 Å². The van der Waals surface area contributed by atoms with Crippen molar-refractivity contribution in [2.24, 2.45) is 11.8 Å². The van der Waals surface area contributed by atoms with Gasteiger partial charge in [0.1, 0.15) is 33.2 Å². The number of carbonyl (C=O) groups is 3. The minimum atomic E-state index is -4.27. The zero-order valence-electron chi connectivity index (χ0n) is 32.6. The lowest BCUT2D eigenvalue weighted by Crippen LogP contribution is -2.41. The van der Waals surface area contributed by atoms with Gasteiger partial charge in [0.25, 0.3) is 0 Å². The van der Waals surface area contributed by atoms with Crippen LogP contribution in [-0.2, 0) is 35.4 Å². The van der Waals surface area contributed by atoms with Crippen LogP contribution < -0.4 is 23.2 Å². The Balaban J connectivity index is 1.44. The van der Waals surface area contributed by atoms with Crippen LogP contribution in [0.2, 0.25) is 10.0 Å². The highest BCUT2D eigenvalue weighted by molar-refractivity contribution is 7.92. The molecular formula is C39H44Cl2F2N2O12S. The summed E-state index contributed by atoms with van der Waals surface area (Å²) in [6, 6.07) is 7.56. The maximum atomic E-state index is 13.9. The number of ether oxygens (including phenoxy) is 6. The summed E-state index contributed by atoms with van der Waals surface area (Å²) < 4.78 is 86.6. The molecule has 0 N–H and O–H groups in total. The van der Waals surface area contributed by atoms with Crippen LogP contribution in [0.15, 0.2) is 48.8 Å². The Morgan fingerprint density at radius 2 is 1.47 bits per heavy atom. The first-order valence-corrected chi connectivity index (χ1v) is 20.8. The lowest BCUT2D eigenvalue weighted by atomic mass is 10.0. The van der Waals surface area contributed by atoms with Crippen LogP contribution in [0.4, 0.5) is 19.3 Å². The number of anilines is 1. The summed E-state index contributed by atoms with van der Waals surface area (Å²) in [6.07, 6.45) is 3.82. The largest absolute Gasteiger partial charge is 0.619 e. The number of sulfonamides is 1. The van der Waals surface area contributed by atoms with E-state index >= 15 is 0 Å². The van der Waals surface area contributed by atoms with Crippen molar-refractivity contribution in [3.63, 3.8) is 0 Å². The zero-order chi connectivity index (χ0) is 42.7. The van der Waals surface area contributed by atoms with Gasteiger partial charge in [-0.1, -0.05) is 29.3 Å². The molecule has 14 nitrogen and oxygen atoms in total. The number of carbonyl (C=O) groups excluding carboxylic acids is 3. The standard InChI is InChI=1S/C39H44Cl2F2N2O12S/c1-38(2,3)57-37(48)45(58(6,50)51)29-13-11-25(16-32(29)52-20-22-7-8-22)34(46)56-39(4,5)35(47)54-31(17-26-27(40)18-44(49)19-28(26)41)24-12-14-30(55-36(42)43)33(15-24)53-21-23-9-10-23/h11-16,18-19,22-23,31,36H,7-10,17,20-21H2,1-6H3. The predicted molar refractivity (Wildman–Crippen MR) is 207 cm³/mol. The van der Waals surface area contributed by atoms with E-state index in [0.29, 0.717) is 9.04 Å². The van der Waals surface area contributed by atoms with Crippen molar-refractivity contribution in [1.82, 2.24) is 0 Å². The van der Waals surface area contributed by atoms with Gasteiger partial charge in [0.15, 0.2) is 23.9 Å². The summed E-state index contributed by atoms with van der Waals surface area (Å²) in [5, 5.41) is 11.9. The minimum Gasteiger partial charge on any atom is -0.619 e. The van der Waals surface area contributed by atoms with Crippen LogP contribution in [0.3, 0.4) is 0 Å². The molecule has 2 saturated carbocycles. The van der Waals surface area contributed by atoms with E-state index in [1.54, 1.807) is 20.8 Å². The highest BCUT2D eigenvalue weighted by Crippen LogP contribution is 2.39. The van der Waals surface area contributed by atoms with E-state index in [1.807, 2.05) is 0 Å². The van der Waals surface area contributed by atoms with Gasteiger partial charge in [0.2, 0.25) is 15.6 Å². The van der Waals surface area contributed by atoms with Gasteiger partial charge >= 0.3 is 24.6 Å². The maximum Gasteiger partial charge on any atom is 0.429 e. The fraction of sp³-hybridized carbons (Fsp3) is 0.487. The zero-order valence-corrected chi connectivity index (χ0v) is 34.9. The van der Waals surface area contributed by atoms with Gasteiger partial charge in [-0.25, -0.2) is 22.8 Å². The molecule has 58 heavy (non-hydrogen) atoms. The first-order chi connectivity index (χ1) is 27.0. The number of esters is 2. The number of hydrogen-bond acceptors (Lipinski definition) is 12. The summed E-state index contributed by atoms with van der Waals surface area (Å²) in [4.78, 5) is 40.7. The molecule has 1 heterocycles. The van der Waals surface area contributed by atoms with Crippen LogP contribution in [0.25, 0.3) is 0 Å². The molecule has 2 aromatic carbocycles. The Kier molecular flexibility index (Phi) is 13.6. The predicted octanol–water partition coefficient (Wildman–Crippen LogP) is 7.97. The number of pyridine rings is 1. The molecule has 0 aliphatic heterocycles. The number of amides is 1. The summed E-state index contributed by atoms with van der Waals surface area (Å²) in [5.41, 5.74) is -2.96. The molecular weight excluding hydrogens is 829 g/mol. The monoisotopic (exact) mass is 872 g/mol. The lowest BCUT2D eigenvalue weighted by Gasteiger charge is -2.28. The molecule has 316 valence electrons. The lowest BCUT2D eigenvalue weighted by molar-refractivity contribution is -0.605. The van der Waals surface area contributed by atoms with Crippen molar-refractivity contribution in [1.29, 1.82) is 0 Å². The van der Waals surface area contributed by atoms with Gasteiger partial charge < -0.3 is 33.6 Å². The molecule has 1 amide bonds. The summed E-state index contributed by atoms with van der Waals surface area (Å²) in [7, 11) is -4.27. The van der Waals surface area contributed by atoms with Gasteiger partial charge in [0, 0.05) is 12.0 Å². The molecule has 1 atom stereocenters. The van der Waals surface area contributed by atoms with Gasteiger partial charge in [-0.05, 0) is 108 Å². The van der Waals surface area contributed by atoms with Crippen LogP contribution in [0.5, 0.6) is 17.2 Å². The molecule has 5 rings (SSSR count). The smallest absolute Gasteiger partial charge is 0.429 e. The second-order valence-electron chi connectivity index (χ2n) is 15.6. The molecule has 0 radical (unpaired) electrons. The van der Waals surface area contributed by atoms with Crippen molar-refractivity contribution < 1.29 is 64.7 Å². The molecule has 2 aliphatic carbocycles. The van der Waals surface area contributed by atoms with Crippen molar-refractivity contribution in [3.05, 3.63) is 80.7 Å². The highest BCUT2D eigenvalue weighted by atomic mass is 35.5. The molecule has 0 spiro atoms. The first-order valence-electron chi connectivity index (χ1n) is 18.2. The number of aromatic nitrogens is 1. The Hall–Kier alpha value is -4.61. The third kappa shape index (κ3) is 12.2. The third-order valence-electron chi connectivity index (χ3n) is 8.74. The SMILES string of the molecule is CC(C)(C)OC(=O)N(c1ccc(C(=O)OC(C)(C)C(=O)OC(Cc2c(Cl)c[n+]([O-])cc2Cl)c2ccc(OC(F)F)c(OCC3CC3)c2)cc1OCC1CC1)S(C)(=O)=O. The molecule has 2 aliphatic rings.